The normalized spacial score (nSPS) is 12.8. The van der Waals surface area contributed by atoms with Crippen LogP contribution < -0.4 is 5.56 Å². The maximum absolute atomic E-state index is 12.2. The molecule has 18 heavy (non-hydrogen) atoms. The van der Waals surface area contributed by atoms with E-state index in [0.29, 0.717) is 23.4 Å². The van der Waals surface area contributed by atoms with Crippen LogP contribution in [0, 0.1) is 5.92 Å². The Bertz CT molecular complexity index is 582. The Balaban J connectivity index is 2.19. The first-order chi connectivity index (χ1) is 8.72. The summed E-state index contributed by atoms with van der Waals surface area (Å²) >= 11 is 3.43. The fraction of sp³-hybridized carbons (Fsp3) is 0.462. The molecular formula is C13H16BrN3O. The van der Waals surface area contributed by atoms with Crippen molar-refractivity contribution in [2.75, 3.05) is 5.33 Å². The number of hydrogen-bond donors (Lipinski definition) is 0. The van der Waals surface area contributed by atoms with Crippen LogP contribution in [0.25, 0.3) is 10.9 Å². The number of benzene rings is 1. The van der Waals surface area contributed by atoms with E-state index >= 15 is 0 Å². The van der Waals surface area contributed by atoms with Crippen LogP contribution in [0.15, 0.2) is 29.1 Å². The van der Waals surface area contributed by atoms with Gasteiger partial charge < -0.3 is 0 Å². The van der Waals surface area contributed by atoms with E-state index in [-0.39, 0.29) is 5.56 Å². The maximum atomic E-state index is 12.2. The van der Waals surface area contributed by atoms with Crippen LogP contribution in [0.3, 0.4) is 0 Å². The van der Waals surface area contributed by atoms with Crippen LogP contribution in [0.5, 0.6) is 0 Å². The molecule has 5 heteroatoms. The molecular weight excluding hydrogens is 294 g/mol. The number of halogens is 1. The Morgan fingerprint density at radius 3 is 2.89 bits per heavy atom. The van der Waals surface area contributed by atoms with Gasteiger partial charge in [0.05, 0.1) is 5.39 Å². The molecule has 1 aromatic carbocycles. The summed E-state index contributed by atoms with van der Waals surface area (Å²) < 4.78 is 1.47. The first-order valence-corrected chi connectivity index (χ1v) is 7.23. The molecule has 1 heterocycles. The van der Waals surface area contributed by atoms with Gasteiger partial charge in [-0.3, -0.25) is 4.79 Å². The van der Waals surface area contributed by atoms with Crippen molar-refractivity contribution >= 4 is 26.8 Å². The zero-order valence-corrected chi connectivity index (χ0v) is 11.9. The quantitative estimate of drug-likeness (QED) is 0.798. The third kappa shape index (κ3) is 2.96. The van der Waals surface area contributed by atoms with Gasteiger partial charge >= 0.3 is 0 Å². The molecule has 4 nitrogen and oxygen atoms in total. The van der Waals surface area contributed by atoms with Gasteiger partial charge in [-0.15, -0.1) is 5.10 Å². The highest BCUT2D eigenvalue weighted by Gasteiger charge is 2.07. The number of nitrogens with zero attached hydrogens (tertiary/aromatic N) is 3. The van der Waals surface area contributed by atoms with E-state index < -0.39 is 0 Å². The monoisotopic (exact) mass is 309 g/mol. The van der Waals surface area contributed by atoms with Crippen molar-refractivity contribution in [1.29, 1.82) is 0 Å². The SMILES string of the molecule is CC(CCBr)CCn1nnc2ccccc2c1=O. The van der Waals surface area contributed by atoms with Gasteiger partial charge in [0.1, 0.15) is 5.52 Å². The molecule has 0 bridgehead atoms. The lowest BCUT2D eigenvalue weighted by Gasteiger charge is -2.09. The highest BCUT2D eigenvalue weighted by atomic mass is 79.9. The second-order valence-electron chi connectivity index (χ2n) is 4.51. The fourth-order valence-corrected chi connectivity index (χ4v) is 2.62. The van der Waals surface area contributed by atoms with E-state index in [0.717, 1.165) is 18.2 Å². The Labute approximate surface area is 114 Å². The van der Waals surface area contributed by atoms with Crippen molar-refractivity contribution in [2.45, 2.75) is 26.3 Å². The molecule has 1 atom stereocenters. The van der Waals surface area contributed by atoms with Gasteiger partial charge in [0.25, 0.3) is 5.56 Å². The molecule has 0 N–H and O–H groups in total. The second-order valence-corrected chi connectivity index (χ2v) is 5.30. The van der Waals surface area contributed by atoms with Gasteiger partial charge in [-0.25, -0.2) is 4.68 Å². The Morgan fingerprint density at radius 2 is 2.11 bits per heavy atom. The number of hydrogen-bond acceptors (Lipinski definition) is 3. The number of aryl methyl sites for hydroxylation is 1. The lowest BCUT2D eigenvalue weighted by Crippen LogP contribution is -2.25. The molecule has 0 aliphatic heterocycles. The van der Waals surface area contributed by atoms with Crippen LogP contribution in [-0.2, 0) is 6.54 Å². The summed E-state index contributed by atoms with van der Waals surface area (Å²) in [7, 11) is 0. The Kier molecular flexibility index (Phi) is 4.47. The zero-order chi connectivity index (χ0) is 13.0. The summed E-state index contributed by atoms with van der Waals surface area (Å²) in [5.74, 6) is 0.574. The topological polar surface area (TPSA) is 47.8 Å². The molecule has 0 saturated carbocycles. The molecule has 0 saturated heterocycles. The van der Waals surface area contributed by atoms with Gasteiger partial charge in [-0.05, 0) is 30.9 Å². The van der Waals surface area contributed by atoms with Gasteiger partial charge in [-0.1, -0.05) is 40.2 Å². The molecule has 2 aromatic rings. The summed E-state index contributed by atoms with van der Waals surface area (Å²) in [5.41, 5.74) is 0.610. The number of alkyl halides is 1. The smallest absolute Gasteiger partial charge is 0.267 e. The predicted octanol–water partition coefficient (Wildman–Crippen LogP) is 2.60. The molecule has 0 radical (unpaired) electrons. The molecule has 0 aliphatic carbocycles. The molecule has 0 amide bonds. The zero-order valence-electron chi connectivity index (χ0n) is 10.3. The van der Waals surface area contributed by atoms with Crippen molar-refractivity contribution in [3.05, 3.63) is 34.6 Å². The molecule has 0 fully saturated rings. The van der Waals surface area contributed by atoms with Crippen molar-refractivity contribution in [2.24, 2.45) is 5.92 Å². The van der Waals surface area contributed by atoms with E-state index in [1.165, 1.54) is 4.68 Å². The number of rotatable bonds is 5. The standard InChI is InChI=1S/C13H16BrN3O/c1-10(6-8-14)7-9-17-13(18)11-4-2-3-5-12(11)15-16-17/h2-5,10H,6-9H2,1H3. The molecule has 1 aromatic heterocycles. The maximum Gasteiger partial charge on any atom is 0.277 e. The molecule has 96 valence electrons. The first-order valence-electron chi connectivity index (χ1n) is 6.11. The molecule has 1 unspecified atom stereocenters. The minimum absolute atomic E-state index is 0.0494. The molecule has 0 aliphatic rings. The number of aromatic nitrogens is 3. The van der Waals surface area contributed by atoms with Crippen molar-refractivity contribution in [3.63, 3.8) is 0 Å². The van der Waals surface area contributed by atoms with E-state index in [2.05, 4.69) is 33.2 Å². The number of fused-ring (bicyclic) bond motifs is 1. The summed E-state index contributed by atoms with van der Waals surface area (Å²) in [5, 5.41) is 9.68. The minimum atomic E-state index is -0.0494. The van der Waals surface area contributed by atoms with E-state index in [1.807, 2.05) is 18.2 Å². The van der Waals surface area contributed by atoms with Gasteiger partial charge in [0.15, 0.2) is 0 Å². The summed E-state index contributed by atoms with van der Waals surface area (Å²) in [6, 6.07) is 7.31. The summed E-state index contributed by atoms with van der Waals surface area (Å²) in [4.78, 5) is 12.2. The average Bonchev–Trinajstić information content (AvgIpc) is 2.39. The lowest BCUT2D eigenvalue weighted by atomic mass is 10.1. The Hall–Kier alpha value is -1.23. The lowest BCUT2D eigenvalue weighted by molar-refractivity contribution is 0.432. The average molecular weight is 310 g/mol. The van der Waals surface area contributed by atoms with Crippen LogP contribution >= 0.6 is 15.9 Å². The predicted molar refractivity (Wildman–Crippen MR) is 76.0 cm³/mol. The van der Waals surface area contributed by atoms with Crippen molar-refractivity contribution in [3.8, 4) is 0 Å². The second kappa shape index (κ2) is 6.09. The summed E-state index contributed by atoms with van der Waals surface area (Å²) in [6.07, 6.45) is 2.05. The van der Waals surface area contributed by atoms with Gasteiger partial charge in [0, 0.05) is 11.9 Å². The fourth-order valence-electron chi connectivity index (χ4n) is 1.84. The third-order valence-corrected chi connectivity index (χ3v) is 3.52. The highest BCUT2D eigenvalue weighted by Crippen LogP contribution is 2.10. The van der Waals surface area contributed by atoms with Gasteiger partial charge in [0.2, 0.25) is 0 Å². The van der Waals surface area contributed by atoms with E-state index in [9.17, 15) is 4.79 Å². The summed E-state index contributed by atoms with van der Waals surface area (Å²) in [6.45, 7) is 2.81. The van der Waals surface area contributed by atoms with Crippen LogP contribution in [0.2, 0.25) is 0 Å². The highest BCUT2D eigenvalue weighted by molar-refractivity contribution is 9.09. The largest absolute Gasteiger partial charge is 0.277 e. The molecule has 0 spiro atoms. The van der Waals surface area contributed by atoms with Crippen molar-refractivity contribution < 1.29 is 0 Å². The minimum Gasteiger partial charge on any atom is -0.267 e. The van der Waals surface area contributed by atoms with Crippen molar-refractivity contribution in [1.82, 2.24) is 15.0 Å². The third-order valence-electron chi connectivity index (χ3n) is 3.06. The van der Waals surface area contributed by atoms with Crippen LogP contribution in [0.4, 0.5) is 0 Å². The first kappa shape index (κ1) is 13.2. The Morgan fingerprint density at radius 1 is 1.33 bits per heavy atom. The van der Waals surface area contributed by atoms with Crippen LogP contribution in [-0.4, -0.2) is 20.3 Å². The molecule has 2 rings (SSSR count). The van der Waals surface area contributed by atoms with Crippen LogP contribution in [0.1, 0.15) is 19.8 Å². The van der Waals surface area contributed by atoms with Gasteiger partial charge in [-0.2, -0.15) is 0 Å². The van der Waals surface area contributed by atoms with E-state index in [4.69, 9.17) is 0 Å². The van der Waals surface area contributed by atoms with E-state index in [1.54, 1.807) is 6.07 Å².